The molecule has 0 amide bonds. The van der Waals surface area contributed by atoms with Crippen molar-refractivity contribution in [2.45, 2.75) is 31.7 Å². The molecule has 0 radical (unpaired) electrons. The van der Waals surface area contributed by atoms with Gasteiger partial charge in [-0.3, -0.25) is 9.69 Å². The molecule has 13 heavy (non-hydrogen) atoms. The molecule has 2 fully saturated rings. The van der Waals surface area contributed by atoms with Crippen LogP contribution in [0.3, 0.4) is 0 Å². The summed E-state index contributed by atoms with van der Waals surface area (Å²) in [5, 5.41) is 8.98. The van der Waals surface area contributed by atoms with Gasteiger partial charge >= 0.3 is 0 Å². The highest BCUT2D eigenvalue weighted by atomic mass is 16.3. The van der Waals surface area contributed by atoms with Gasteiger partial charge in [-0.2, -0.15) is 0 Å². The van der Waals surface area contributed by atoms with E-state index in [2.05, 4.69) is 4.90 Å². The van der Waals surface area contributed by atoms with Crippen LogP contribution in [-0.4, -0.2) is 41.5 Å². The van der Waals surface area contributed by atoms with Gasteiger partial charge in [-0.25, -0.2) is 0 Å². The summed E-state index contributed by atoms with van der Waals surface area (Å²) in [7, 11) is 0. The molecule has 1 aliphatic carbocycles. The Kier molecular flexibility index (Phi) is 2.65. The van der Waals surface area contributed by atoms with E-state index in [1.807, 2.05) is 0 Å². The highest BCUT2D eigenvalue weighted by Gasteiger charge is 2.32. The molecule has 1 aliphatic heterocycles. The van der Waals surface area contributed by atoms with Crippen molar-refractivity contribution in [1.29, 1.82) is 0 Å². The van der Waals surface area contributed by atoms with E-state index in [0.29, 0.717) is 24.3 Å². The molecule has 1 N–H and O–H groups in total. The first kappa shape index (κ1) is 9.16. The number of aliphatic hydroxyl groups is 1. The molecule has 3 heteroatoms. The average molecular weight is 183 g/mol. The van der Waals surface area contributed by atoms with Crippen LogP contribution in [0.25, 0.3) is 0 Å². The molecule has 2 aliphatic rings. The van der Waals surface area contributed by atoms with E-state index in [1.54, 1.807) is 0 Å². The fraction of sp³-hybridized carbons (Fsp3) is 0.900. The maximum absolute atomic E-state index is 11.1. The zero-order valence-electron chi connectivity index (χ0n) is 7.91. The molecule has 1 saturated heterocycles. The van der Waals surface area contributed by atoms with Crippen LogP contribution in [0, 0.1) is 5.92 Å². The second-order valence-electron chi connectivity index (χ2n) is 4.27. The van der Waals surface area contributed by atoms with Crippen LogP contribution < -0.4 is 0 Å². The number of hydrogen-bond donors (Lipinski definition) is 1. The van der Waals surface area contributed by atoms with E-state index >= 15 is 0 Å². The second-order valence-corrected chi connectivity index (χ2v) is 4.27. The van der Waals surface area contributed by atoms with Gasteiger partial charge < -0.3 is 5.11 Å². The Bertz CT molecular complexity index is 205. The molecule has 0 spiro atoms. The van der Waals surface area contributed by atoms with Crippen molar-refractivity contribution in [3.63, 3.8) is 0 Å². The number of carbonyl (C=O) groups is 1. The minimum atomic E-state index is 0.303. The normalized spacial score (nSPS) is 35.9. The van der Waals surface area contributed by atoms with Gasteiger partial charge in [-0.05, 0) is 25.3 Å². The molecule has 1 saturated carbocycles. The minimum absolute atomic E-state index is 0.303. The number of rotatable bonds is 2. The molecule has 0 bridgehead atoms. The largest absolute Gasteiger partial charge is 0.396 e. The van der Waals surface area contributed by atoms with E-state index in [-0.39, 0.29) is 0 Å². The zero-order valence-corrected chi connectivity index (χ0v) is 7.91. The third-order valence-corrected chi connectivity index (χ3v) is 3.31. The Morgan fingerprint density at radius 2 is 2.31 bits per heavy atom. The van der Waals surface area contributed by atoms with Crippen molar-refractivity contribution >= 4 is 5.78 Å². The second kappa shape index (κ2) is 3.76. The summed E-state index contributed by atoms with van der Waals surface area (Å²) in [6.07, 6.45) is 3.65. The lowest BCUT2D eigenvalue weighted by molar-refractivity contribution is -0.117. The lowest BCUT2D eigenvalue weighted by Gasteiger charge is -2.22. The lowest BCUT2D eigenvalue weighted by atomic mass is 10.1. The lowest BCUT2D eigenvalue weighted by Crippen LogP contribution is -2.31. The standard InChI is InChI=1S/C10H17NO2/c12-7-8-3-4-11(6-8)9-1-2-10(13)5-9/h8-9,12H,1-7H2. The smallest absolute Gasteiger partial charge is 0.134 e. The number of hydrogen-bond acceptors (Lipinski definition) is 3. The molecule has 3 nitrogen and oxygen atoms in total. The summed E-state index contributed by atoms with van der Waals surface area (Å²) in [4.78, 5) is 13.5. The summed E-state index contributed by atoms with van der Waals surface area (Å²) >= 11 is 0. The minimum Gasteiger partial charge on any atom is -0.396 e. The molecule has 2 atom stereocenters. The number of likely N-dealkylation sites (tertiary alicyclic amines) is 1. The maximum Gasteiger partial charge on any atom is 0.134 e. The van der Waals surface area contributed by atoms with Crippen molar-refractivity contribution in [3.05, 3.63) is 0 Å². The van der Waals surface area contributed by atoms with E-state index in [9.17, 15) is 4.79 Å². The van der Waals surface area contributed by atoms with Gasteiger partial charge in [0.25, 0.3) is 0 Å². The first-order chi connectivity index (χ1) is 6.29. The van der Waals surface area contributed by atoms with Gasteiger partial charge in [-0.15, -0.1) is 0 Å². The molecule has 2 rings (SSSR count). The summed E-state index contributed by atoms with van der Waals surface area (Å²) in [5.41, 5.74) is 0. The van der Waals surface area contributed by atoms with Crippen molar-refractivity contribution in [2.75, 3.05) is 19.7 Å². The van der Waals surface area contributed by atoms with Crippen LogP contribution >= 0.6 is 0 Å². The Morgan fingerprint density at radius 1 is 1.46 bits per heavy atom. The monoisotopic (exact) mass is 183 g/mol. The van der Waals surface area contributed by atoms with E-state index in [1.165, 1.54) is 0 Å². The average Bonchev–Trinajstić information content (AvgIpc) is 2.71. The molecular formula is C10H17NO2. The summed E-state index contributed by atoms with van der Waals surface area (Å²) < 4.78 is 0. The van der Waals surface area contributed by atoms with Crippen LogP contribution in [0.15, 0.2) is 0 Å². The molecular weight excluding hydrogens is 166 g/mol. The first-order valence-electron chi connectivity index (χ1n) is 5.16. The predicted octanol–water partition coefficient (Wildman–Crippen LogP) is 0.422. The van der Waals surface area contributed by atoms with Crippen LogP contribution in [0.1, 0.15) is 25.7 Å². The maximum atomic E-state index is 11.1. The van der Waals surface area contributed by atoms with Gasteiger partial charge in [0, 0.05) is 32.0 Å². The van der Waals surface area contributed by atoms with Gasteiger partial charge in [0.1, 0.15) is 5.78 Å². The number of aliphatic hydroxyl groups excluding tert-OH is 1. The van der Waals surface area contributed by atoms with Crippen LogP contribution in [-0.2, 0) is 4.79 Å². The quantitative estimate of drug-likeness (QED) is 0.674. The fourth-order valence-electron chi connectivity index (χ4n) is 2.45. The van der Waals surface area contributed by atoms with Crippen LogP contribution in [0.2, 0.25) is 0 Å². The van der Waals surface area contributed by atoms with Gasteiger partial charge in [0.15, 0.2) is 0 Å². The molecule has 0 aromatic carbocycles. The Labute approximate surface area is 78.7 Å². The van der Waals surface area contributed by atoms with E-state index < -0.39 is 0 Å². The fourth-order valence-corrected chi connectivity index (χ4v) is 2.45. The Balaban J connectivity index is 1.85. The molecule has 2 unspecified atom stereocenters. The van der Waals surface area contributed by atoms with Gasteiger partial charge in [-0.1, -0.05) is 0 Å². The Hall–Kier alpha value is -0.410. The molecule has 1 heterocycles. The first-order valence-corrected chi connectivity index (χ1v) is 5.16. The predicted molar refractivity (Wildman–Crippen MR) is 49.4 cm³/mol. The summed E-state index contributed by atoms with van der Waals surface area (Å²) in [6.45, 7) is 2.37. The van der Waals surface area contributed by atoms with E-state index in [4.69, 9.17) is 5.11 Å². The van der Waals surface area contributed by atoms with Crippen LogP contribution in [0.5, 0.6) is 0 Å². The van der Waals surface area contributed by atoms with Crippen molar-refractivity contribution in [3.8, 4) is 0 Å². The SMILES string of the molecule is O=C1CCC(N2CCC(CO)C2)C1. The molecule has 0 aromatic heterocycles. The van der Waals surface area contributed by atoms with E-state index in [0.717, 1.165) is 38.8 Å². The third-order valence-electron chi connectivity index (χ3n) is 3.31. The zero-order chi connectivity index (χ0) is 9.26. The van der Waals surface area contributed by atoms with Crippen molar-refractivity contribution < 1.29 is 9.90 Å². The van der Waals surface area contributed by atoms with Gasteiger partial charge in [0.2, 0.25) is 0 Å². The highest BCUT2D eigenvalue weighted by Crippen LogP contribution is 2.26. The number of Topliss-reactive ketones (excluding diaryl/α,β-unsaturated/α-hetero) is 1. The van der Waals surface area contributed by atoms with Crippen molar-refractivity contribution in [2.24, 2.45) is 5.92 Å². The topological polar surface area (TPSA) is 40.5 Å². The Morgan fingerprint density at radius 3 is 2.85 bits per heavy atom. The number of ketones is 1. The molecule has 74 valence electrons. The van der Waals surface area contributed by atoms with Crippen molar-refractivity contribution in [1.82, 2.24) is 4.90 Å². The summed E-state index contributed by atoms with van der Waals surface area (Å²) in [5.74, 6) is 0.869. The highest BCUT2D eigenvalue weighted by molar-refractivity contribution is 5.81. The third kappa shape index (κ3) is 1.92. The number of carbonyl (C=O) groups excluding carboxylic acids is 1. The molecule has 0 aromatic rings. The number of nitrogens with zero attached hydrogens (tertiary/aromatic N) is 1. The van der Waals surface area contributed by atoms with Crippen LogP contribution in [0.4, 0.5) is 0 Å². The van der Waals surface area contributed by atoms with Gasteiger partial charge in [0.05, 0.1) is 0 Å². The summed E-state index contributed by atoms with van der Waals surface area (Å²) in [6, 6.07) is 0.490.